The van der Waals surface area contributed by atoms with E-state index >= 15 is 0 Å². The van der Waals surface area contributed by atoms with Crippen molar-refractivity contribution >= 4 is 83.9 Å². The molecule has 4 aliphatic carbocycles. The summed E-state index contributed by atoms with van der Waals surface area (Å²) in [5.74, 6) is -2.11. The number of likely N-dealkylation sites (tertiary alicyclic amines) is 1. The van der Waals surface area contributed by atoms with Crippen molar-refractivity contribution in [1.29, 1.82) is 0 Å². The van der Waals surface area contributed by atoms with Gasteiger partial charge in [-0.25, -0.2) is 30.9 Å². The van der Waals surface area contributed by atoms with E-state index in [0.717, 1.165) is 83.3 Å². The van der Waals surface area contributed by atoms with Gasteiger partial charge in [0.1, 0.15) is 22.6 Å². The fraction of sp³-hybridized carbons (Fsp3) is 0.553. The van der Waals surface area contributed by atoms with Crippen LogP contribution in [0.2, 0.25) is 0 Å². The molecule has 5 amide bonds. The number of sulfonamides is 1. The number of unbranched alkanes of at least 4 members (excludes halogenated alkanes) is 2. The standard InChI is InChI=1S/C76H98F4N10O10S4/c1-50(52-18-20-53(21-19-52)67-51(2)81-49-102-67)82-70(95)63-40-58(91)44-90(63)71(96)68(72(3,4)5)84-65(92)16-12-9-13-17-66(93)89-38-32-86(33-39-89)31-29-56(45-101-59-14-10-8-11-15-59)83-62-27-26-60(41-64(62)103(97,98)76(78,79)80)104(99,100)85-69(94)54-22-24-57(25-23-54)88-36-34-87(35-37-88)43-55-28-30-73(6,7)42-61(55)74-46-75(77,47-74)48-74/h8,10-11,14-15,18-27,41,49-50,56,58,63,68,83,91H,9,12-13,16-17,28-40,42-48H2,1-7H3,(H,82,95)(H,84,92)(H,85,94)/t50-,56?,58+,63-,68?,74?,75?/m0/s1. The number of aromatic nitrogens is 1. The van der Waals surface area contributed by atoms with Gasteiger partial charge in [-0.2, -0.15) is 13.2 Å². The van der Waals surface area contributed by atoms with E-state index in [4.69, 9.17) is 0 Å². The summed E-state index contributed by atoms with van der Waals surface area (Å²) in [7, 11) is -11.1. The second-order valence-electron chi connectivity index (χ2n) is 31.2. The highest BCUT2D eigenvalue weighted by atomic mass is 32.2. The molecule has 0 radical (unpaired) electrons. The Morgan fingerprint density at radius 2 is 1.47 bits per heavy atom. The number of allylic oxidation sites excluding steroid dienone is 1. The number of alkyl halides is 4. The third kappa shape index (κ3) is 18.5. The van der Waals surface area contributed by atoms with Crippen LogP contribution in [0.3, 0.4) is 0 Å². The van der Waals surface area contributed by atoms with Crippen LogP contribution in [0, 0.1) is 23.2 Å². The highest BCUT2D eigenvalue weighted by Gasteiger charge is 2.71. The maximum Gasteiger partial charge on any atom is 0.501 e. The fourth-order valence-electron chi connectivity index (χ4n) is 15.5. The Morgan fingerprint density at radius 1 is 0.808 bits per heavy atom. The number of aliphatic hydroxyl groups excluding tert-OH is 1. The van der Waals surface area contributed by atoms with Crippen molar-refractivity contribution in [2.75, 3.05) is 88.0 Å². The monoisotopic (exact) mass is 1510 g/mol. The predicted octanol–water partition coefficient (Wildman–Crippen LogP) is 11.5. The number of nitrogens with zero attached hydrogens (tertiary/aromatic N) is 6. The number of hydrogen-bond acceptors (Lipinski definition) is 17. The van der Waals surface area contributed by atoms with Crippen molar-refractivity contribution in [2.24, 2.45) is 16.2 Å². The Kier molecular flexibility index (Phi) is 23.9. The molecule has 4 aromatic carbocycles. The topological polar surface area (TPSA) is 251 Å². The summed E-state index contributed by atoms with van der Waals surface area (Å²) in [5.41, 5.74) is 0.541. The Labute approximate surface area is 616 Å². The van der Waals surface area contributed by atoms with E-state index in [9.17, 15) is 63.5 Å². The number of rotatable bonds is 28. The minimum atomic E-state index is -6.18. The van der Waals surface area contributed by atoms with Gasteiger partial charge in [0, 0.05) is 125 Å². The minimum absolute atomic E-state index is 0.0436. The first-order valence-electron chi connectivity index (χ1n) is 36.1. The SMILES string of the molecule is Cc1ncsc1-c1ccc([C@H](C)NC(=O)[C@@H]2C[C@@H](O)CN2C(=O)C(NC(=O)CCCCCC(=O)N2CCN(CCC(CSc3ccccc3)Nc3ccc(S(=O)(=O)NC(=O)c4ccc(N5CCN(CC6=C(C78CC(F)(C7)C8)CC(C)(C)CC6)CC5)cc4)cc3S(=O)(=O)C(F)(F)F)CC2)C(C)(C)C)cc1. The summed E-state index contributed by atoms with van der Waals surface area (Å²) >= 11 is 2.94. The lowest BCUT2D eigenvalue weighted by Crippen LogP contribution is -2.65. The van der Waals surface area contributed by atoms with E-state index in [1.807, 2.05) is 93.9 Å². The van der Waals surface area contributed by atoms with Gasteiger partial charge in [0.25, 0.3) is 25.8 Å². The summed E-state index contributed by atoms with van der Waals surface area (Å²) in [4.78, 5) is 82.5. The first kappa shape index (κ1) is 78.1. The third-order valence-corrected chi connectivity index (χ3v) is 26.6. The molecular weight excluding hydrogens is 1420 g/mol. The number of aryl methyl sites for hydroxylation is 1. The predicted molar refractivity (Wildman–Crippen MR) is 396 cm³/mol. The molecule has 3 aliphatic heterocycles. The lowest BCUT2D eigenvalue weighted by atomic mass is 9.38. The number of thiazole rings is 1. The number of sulfone groups is 1. The molecule has 7 aliphatic rings. The zero-order valence-electron chi connectivity index (χ0n) is 60.3. The molecule has 3 saturated heterocycles. The van der Waals surface area contributed by atoms with Gasteiger partial charge in [0.2, 0.25) is 23.6 Å². The average Bonchev–Trinajstić information content (AvgIpc) is 0.711. The van der Waals surface area contributed by atoms with Crippen molar-refractivity contribution in [3.05, 3.63) is 131 Å². The summed E-state index contributed by atoms with van der Waals surface area (Å²) in [6.07, 6.45) is 6.33. The molecule has 20 nitrogen and oxygen atoms in total. The van der Waals surface area contributed by atoms with Crippen LogP contribution in [0.1, 0.15) is 153 Å². The van der Waals surface area contributed by atoms with Gasteiger partial charge in [-0.15, -0.1) is 23.1 Å². The molecule has 104 heavy (non-hydrogen) atoms. The number of hydrogen-bond donors (Lipinski definition) is 5. The van der Waals surface area contributed by atoms with E-state index < -0.39 is 99.9 Å². The van der Waals surface area contributed by atoms with Crippen molar-refractivity contribution in [1.82, 2.24) is 39.9 Å². The van der Waals surface area contributed by atoms with Gasteiger partial charge in [-0.1, -0.05) is 94.7 Å². The molecule has 2 bridgehead atoms. The van der Waals surface area contributed by atoms with Crippen molar-refractivity contribution in [2.45, 2.75) is 188 Å². The molecule has 3 saturated carbocycles. The van der Waals surface area contributed by atoms with E-state index in [1.54, 1.807) is 33.9 Å². The van der Waals surface area contributed by atoms with Gasteiger partial charge in [-0.05, 0) is 148 Å². The number of carbonyl (C=O) groups excluding carboxylic acids is 5. The van der Waals surface area contributed by atoms with Crippen LogP contribution in [0.25, 0.3) is 10.4 Å². The first-order valence-corrected chi connectivity index (χ1v) is 40.9. The molecule has 5 aromatic rings. The zero-order valence-corrected chi connectivity index (χ0v) is 63.6. The second kappa shape index (κ2) is 31.9. The van der Waals surface area contributed by atoms with Crippen LogP contribution < -0.4 is 25.6 Å². The quantitative estimate of drug-likeness (QED) is 0.0135. The number of aliphatic hydroxyl groups is 1. The molecule has 5 atom stereocenters. The van der Waals surface area contributed by atoms with Crippen LogP contribution in [0.5, 0.6) is 0 Å². The zero-order chi connectivity index (χ0) is 74.7. The van der Waals surface area contributed by atoms with Gasteiger partial charge >= 0.3 is 5.51 Å². The molecule has 28 heteroatoms. The van der Waals surface area contributed by atoms with E-state index in [1.165, 1.54) is 39.9 Å². The van der Waals surface area contributed by atoms with Gasteiger partial charge in [0.15, 0.2) is 0 Å². The molecule has 12 rings (SSSR count). The smallest absolute Gasteiger partial charge is 0.391 e. The number of carbonyl (C=O) groups is 5. The molecular formula is C76H98F4N10O10S4. The number of amides is 5. The van der Waals surface area contributed by atoms with Gasteiger partial charge < -0.3 is 35.8 Å². The average molecular weight is 1520 g/mol. The van der Waals surface area contributed by atoms with Crippen LogP contribution in [-0.4, -0.2) is 189 Å². The lowest BCUT2D eigenvalue weighted by Gasteiger charge is -2.68. The van der Waals surface area contributed by atoms with E-state index in [2.05, 4.69) is 49.5 Å². The second-order valence-corrected chi connectivity index (χ2v) is 36.7. The lowest BCUT2D eigenvalue weighted by molar-refractivity contribution is -0.193. The molecule has 5 N–H and O–H groups in total. The molecule has 0 spiro atoms. The fourth-order valence-corrected chi connectivity index (χ4v) is 19.3. The van der Waals surface area contributed by atoms with E-state index in [0.29, 0.717) is 96.8 Å². The van der Waals surface area contributed by atoms with Gasteiger partial charge in [0.05, 0.1) is 38.8 Å². The maximum atomic E-state index is 14.7. The van der Waals surface area contributed by atoms with Gasteiger partial charge in [-0.3, -0.25) is 33.8 Å². The Bertz CT molecular complexity index is 4180. The number of piperazine rings is 2. The molecule has 564 valence electrons. The number of thioether (sulfide) groups is 1. The van der Waals surface area contributed by atoms with Crippen LogP contribution in [-0.2, 0) is 39.0 Å². The summed E-state index contributed by atoms with van der Waals surface area (Å²) < 4.78 is 115. The van der Waals surface area contributed by atoms with Crippen LogP contribution in [0.15, 0.2) is 128 Å². The number of anilines is 2. The largest absolute Gasteiger partial charge is 0.501 e. The van der Waals surface area contributed by atoms with Crippen molar-refractivity contribution < 1.29 is 63.5 Å². The first-order chi connectivity index (χ1) is 49.1. The maximum absolute atomic E-state index is 14.7. The number of nitrogens with one attached hydrogen (secondary N) is 4. The Morgan fingerprint density at radius 3 is 2.11 bits per heavy atom. The highest BCUT2D eigenvalue weighted by Crippen LogP contribution is 2.74. The van der Waals surface area contributed by atoms with Crippen molar-refractivity contribution in [3.63, 3.8) is 0 Å². The summed E-state index contributed by atoms with van der Waals surface area (Å²) in [6, 6.07) is 22.7. The number of halogens is 4. The minimum Gasteiger partial charge on any atom is -0.391 e. The Balaban J connectivity index is 0.640. The van der Waals surface area contributed by atoms with Crippen LogP contribution in [0.4, 0.5) is 28.9 Å². The molecule has 4 heterocycles. The summed E-state index contributed by atoms with van der Waals surface area (Å²) in [5, 5.41) is 19.7. The number of β-amino-alcohol motifs (C(OH)–C–C–N with tert-alkyl or cyclic N) is 1. The highest BCUT2D eigenvalue weighted by molar-refractivity contribution is 7.99. The normalized spacial score (nSPS) is 22.6. The molecule has 1 aromatic heterocycles. The Hall–Kier alpha value is -6.95. The van der Waals surface area contributed by atoms with E-state index in [-0.39, 0.29) is 59.8 Å². The molecule has 2 unspecified atom stereocenters. The van der Waals surface area contributed by atoms with Crippen molar-refractivity contribution in [3.8, 4) is 10.4 Å². The third-order valence-electron chi connectivity index (χ3n) is 21.6. The number of benzene rings is 4. The molecule has 6 fully saturated rings. The van der Waals surface area contributed by atoms with Crippen LogP contribution >= 0.6 is 23.1 Å². The summed E-state index contributed by atoms with van der Waals surface area (Å²) in [6.45, 7) is 19.8.